The maximum Gasteiger partial charge on any atom is 0.321 e. The molecule has 37 heavy (non-hydrogen) atoms. The summed E-state index contributed by atoms with van der Waals surface area (Å²) in [6, 6.07) is 18.3. The van der Waals surface area contributed by atoms with Crippen molar-refractivity contribution in [3.05, 3.63) is 71.8 Å². The lowest BCUT2D eigenvalue weighted by molar-refractivity contribution is -0.278. The van der Waals surface area contributed by atoms with Gasteiger partial charge in [0.25, 0.3) is 0 Å². The minimum absolute atomic E-state index is 0.258. The second kappa shape index (κ2) is 11.3. The van der Waals surface area contributed by atoms with E-state index in [1.54, 1.807) is 6.92 Å². The third-order valence-electron chi connectivity index (χ3n) is 7.10. The van der Waals surface area contributed by atoms with Gasteiger partial charge in [0.15, 0.2) is 18.5 Å². The molecule has 3 saturated heterocycles. The van der Waals surface area contributed by atoms with Gasteiger partial charge in [0, 0.05) is 17.2 Å². The van der Waals surface area contributed by atoms with Gasteiger partial charge >= 0.3 is 11.9 Å². The molecule has 198 valence electrons. The fourth-order valence-corrected chi connectivity index (χ4v) is 5.25. The number of hydrogen-bond acceptors (Lipinski definition) is 10. The first kappa shape index (κ1) is 25.8. The van der Waals surface area contributed by atoms with Gasteiger partial charge in [-0.3, -0.25) is 15.0 Å². The normalized spacial score (nSPS) is 30.3. The molecule has 5 rings (SSSR count). The number of rotatable bonds is 7. The van der Waals surface area contributed by atoms with E-state index in [1.165, 1.54) is 14.2 Å². The van der Waals surface area contributed by atoms with Crippen molar-refractivity contribution in [2.45, 2.75) is 49.8 Å². The zero-order valence-corrected chi connectivity index (χ0v) is 21.0. The van der Waals surface area contributed by atoms with E-state index < -0.39 is 36.5 Å². The largest absolute Gasteiger partial charge is 0.468 e. The molecule has 10 heteroatoms. The third-order valence-corrected chi connectivity index (χ3v) is 7.10. The first-order chi connectivity index (χ1) is 18.0. The minimum Gasteiger partial charge on any atom is -0.468 e. The molecule has 2 unspecified atom stereocenters. The van der Waals surface area contributed by atoms with Crippen molar-refractivity contribution in [1.29, 1.82) is 0 Å². The third kappa shape index (κ3) is 5.13. The Labute approximate surface area is 215 Å². The van der Waals surface area contributed by atoms with Crippen LogP contribution < -0.4 is 5.43 Å². The molecule has 0 aromatic heterocycles. The minimum atomic E-state index is -1.16. The molecule has 0 aliphatic carbocycles. The summed E-state index contributed by atoms with van der Waals surface area (Å²) in [5.41, 5.74) is 5.16. The number of carbonyl (C=O) groups excluding carboxylic acids is 2. The van der Waals surface area contributed by atoms with E-state index in [0.717, 1.165) is 11.1 Å². The van der Waals surface area contributed by atoms with Gasteiger partial charge in [-0.15, -0.1) is 0 Å². The molecule has 7 atom stereocenters. The quantitative estimate of drug-likeness (QED) is 0.438. The summed E-state index contributed by atoms with van der Waals surface area (Å²) in [6.45, 7) is 2.42. The summed E-state index contributed by atoms with van der Waals surface area (Å²) in [5, 5.41) is 1.95. The van der Waals surface area contributed by atoms with Crippen molar-refractivity contribution >= 4 is 11.9 Å². The van der Waals surface area contributed by atoms with Crippen LogP contribution in [0.25, 0.3) is 0 Å². The molecule has 1 N–H and O–H groups in total. The first-order valence-electron chi connectivity index (χ1n) is 12.4. The Kier molecular flexibility index (Phi) is 7.84. The van der Waals surface area contributed by atoms with E-state index in [4.69, 9.17) is 28.4 Å². The van der Waals surface area contributed by atoms with Crippen LogP contribution in [0.3, 0.4) is 0 Å². The van der Waals surface area contributed by atoms with Crippen LogP contribution in [0, 0.1) is 5.92 Å². The molecule has 3 fully saturated rings. The van der Waals surface area contributed by atoms with Crippen molar-refractivity contribution in [3.63, 3.8) is 0 Å². The molecule has 0 amide bonds. The molecule has 2 aromatic rings. The van der Waals surface area contributed by atoms with E-state index in [-0.39, 0.29) is 24.3 Å². The van der Waals surface area contributed by atoms with Gasteiger partial charge in [-0.05, 0) is 6.92 Å². The molecule has 0 saturated carbocycles. The zero-order chi connectivity index (χ0) is 25.9. The SMILES string of the molecule is COC(=O)C(C(=O)OC)[C@@H](C)NN1[C@@H]2COC(c3ccccc3)O[C@H]2[C@@H]2OC(c3ccccc3)OC[C@H]21. The summed E-state index contributed by atoms with van der Waals surface area (Å²) >= 11 is 0. The van der Waals surface area contributed by atoms with Crippen molar-refractivity contribution in [2.75, 3.05) is 27.4 Å². The number of carbonyl (C=O) groups is 2. The topological polar surface area (TPSA) is 105 Å². The van der Waals surface area contributed by atoms with Gasteiger partial charge in [-0.25, -0.2) is 5.01 Å². The van der Waals surface area contributed by atoms with Gasteiger partial charge in [0.05, 0.1) is 39.5 Å². The van der Waals surface area contributed by atoms with Crippen LogP contribution in [0.5, 0.6) is 0 Å². The second-order valence-corrected chi connectivity index (χ2v) is 9.34. The average Bonchev–Trinajstić information content (AvgIpc) is 3.25. The molecule has 0 radical (unpaired) electrons. The number of methoxy groups -OCH3 is 2. The number of benzene rings is 2. The highest BCUT2D eigenvalue weighted by Crippen LogP contribution is 2.42. The highest BCUT2D eigenvalue weighted by atomic mass is 16.7. The van der Waals surface area contributed by atoms with Crippen LogP contribution in [0.15, 0.2) is 60.7 Å². The highest BCUT2D eigenvalue weighted by molar-refractivity contribution is 5.95. The van der Waals surface area contributed by atoms with Gasteiger partial charge < -0.3 is 28.4 Å². The summed E-state index contributed by atoms with van der Waals surface area (Å²) in [5.74, 6) is -2.52. The molecular weight excluding hydrogens is 480 g/mol. The fourth-order valence-electron chi connectivity index (χ4n) is 5.25. The molecule has 3 aliphatic rings. The number of hydrogen-bond donors (Lipinski definition) is 1. The van der Waals surface area contributed by atoms with E-state index in [2.05, 4.69) is 5.43 Å². The lowest BCUT2D eigenvalue weighted by atomic mass is 10.0. The van der Waals surface area contributed by atoms with Crippen LogP contribution in [0.1, 0.15) is 30.6 Å². The molecule has 0 bridgehead atoms. The summed E-state index contributed by atoms with van der Waals surface area (Å²) in [7, 11) is 2.48. The van der Waals surface area contributed by atoms with Crippen molar-refractivity contribution in [3.8, 4) is 0 Å². The molecule has 3 aliphatic heterocycles. The van der Waals surface area contributed by atoms with E-state index >= 15 is 0 Å². The Hall–Kier alpha value is -2.86. The zero-order valence-electron chi connectivity index (χ0n) is 21.0. The smallest absolute Gasteiger partial charge is 0.321 e. The Morgan fingerprint density at radius 3 is 1.65 bits per heavy atom. The molecule has 3 heterocycles. The van der Waals surface area contributed by atoms with Crippen LogP contribution in [-0.4, -0.2) is 74.7 Å². The number of nitrogens with one attached hydrogen (secondary N) is 1. The fraction of sp³-hybridized carbons (Fsp3) is 0.481. The van der Waals surface area contributed by atoms with Gasteiger partial charge in [0.2, 0.25) is 0 Å². The number of nitrogens with zero attached hydrogens (tertiary/aromatic N) is 1. The van der Waals surface area contributed by atoms with Crippen LogP contribution >= 0.6 is 0 Å². The van der Waals surface area contributed by atoms with Crippen molar-refractivity contribution < 1.29 is 38.0 Å². The monoisotopic (exact) mass is 512 g/mol. The number of esters is 2. The Balaban J connectivity index is 1.40. The van der Waals surface area contributed by atoms with Gasteiger partial charge in [-0.2, -0.15) is 0 Å². The number of hydrazine groups is 1. The number of ether oxygens (including phenoxy) is 6. The lowest BCUT2D eigenvalue weighted by Crippen LogP contribution is -2.59. The van der Waals surface area contributed by atoms with Crippen LogP contribution in [0.4, 0.5) is 0 Å². The molecule has 2 aromatic carbocycles. The molecule has 10 nitrogen and oxygen atoms in total. The standard InChI is InChI=1S/C27H32N2O8/c1-16(21(24(30)32-2)25(31)33-3)28-29-19-14-34-26(17-10-6-4-7-11-17)36-22(19)23-20(29)15-35-27(37-23)18-12-8-5-9-13-18/h4-13,16,19-23,26-28H,14-15H2,1-3H3/t16-,19-,20-,22-,23-,26?,27?/m1/s1. The van der Waals surface area contributed by atoms with Gasteiger partial charge in [-0.1, -0.05) is 60.7 Å². The maximum atomic E-state index is 12.4. The van der Waals surface area contributed by atoms with Crippen LogP contribution in [-0.2, 0) is 38.0 Å². The van der Waals surface area contributed by atoms with E-state index in [9.17, 15) is 9.59 Å². The van der Waals surface area contributed by atoms with Crippen molar-refractivity contribution in [1.82, 2.24) is 10.4 Å². The van der Waals surface area contributed by atoms with Crippen molar-refractivity contribution in [2.24, 2.45) is 5.92 Å². The van der Waals surface area contributed by atoms with Crippen LogP contribution in [0.2, 0.25) is 0 Å². The Bertz CT molecular complexity index is 991. The lowest BCUT2D eigenvalue weighted by Gasteiger charge is -2.38. The van der Waals surface area contributed by atoms with E-state index in [0.29, 0.717) is 13.2 Å². The Morgan fingerprint density at radius 1 is 0.811 bits per heavy atom. The summed E-state index contributed by atoms with van der Waals surface area (Å²) in [6.07, 6.45) is -1.79. The predicted octanol–water partition coefficient (Wildman–Crippen LogP) is 2.12. The maximum absolute atomic E-state index is 12.4. The summed E-state index contributed by atoms with van der Waals surface area (Å²) in [4.78, 5) is 24.8. The second-order valence-electron chi connectivity index (χ2n) is 9.34. The molecule has 0 spiro atoms. The first-order valence-corrected chi connectivity index (χ1v) is 12.4. The average molecular weight is 513 g/mol. The summed E-state index contributed by atoms with van der Waals surface area (Å²) < 4.78 is 35.0. The number of fused-ring (bicyclic) bond motifs is 3. The van der Waals surface area contributed by atoms with Gasteiger partial charge in [0.1, 0.15) is 12.2 Å². The Morgan fingerprint density at radius 2 is 1.24 bits per heavy atom. The highest BCUT2D eigenvalue weighted by Gasteiger charge is 2.57. The predicted molar refractivity (Wildman–Crippen MR) is 130 cm³/mol. The molecular formula is C27H32N2O8. The van der Waals surface area contributed by atoms with E-state index in [1.807, 2.05) is 65.7 Å².